The molecule has 4 aromatic rings. The molecule has 2 aromatic carbocycles. The number of fused-ring (bicyclic) bond motifs is 1. The second kappa shape index (κ2) is 8.42. The zero-order valence-corrected chi connectivity index (χ0v) is 17.2. The van der Waals surface area contributed by atoms with E-state index in [2.05, 4.69) is 0 Å². The number of hydrogen-bond donors (Lipinski definition) is 0. The maximum atomic E-state index is 12.9. The first-order valence-corrected chi connectivity index (χ1v) is 10.0. The van der Waals surface area contributed by atoms with E-state index < -0.39 is 0 Å². The molecule has 2 heterocycles. The van der Waals surface area contributed by atoms with E-state index in [9.17, 15) is 9.59 Å². The van der Waals surface area contributed by atoms with E-state index in [0.717, 1.165) is 4.88 Å². The molecule has 0 saturated heterocycles. The molecule has 0 saturated carbocycles. The molecule has 0 bridgehead atoms. The summed E-state index contributed by atoms with van der Waals surface area (Å²) in [5.41, 5.74) is 0.00458. The minimum Gasteiger partial charge on any atom is -0.497 e. The van der Waals surface area contributed by atoms with Gasteiger partial charge < -0.3 is 18.6 Å². The summed E-state index contributed by atoms with van der Waals surface area (Å²) in [6.07, 6.45) is 0.187. The third-order valence-corrected chi connectivity index (χ3v) is 5.25. The van der Waals surface area contributed by atoms with E-state index in [1.807, 2.05) is 17.5 Å². The number of rotatable bonds is 6. The summed E-state index contributed by atoms with van der Waals surface area (Å²) >= 11 is 1.49. The maximum absolute atomic E-state index is 12.9. The van der Waals surface area contributed by atoms with E-state index in [4.69, 9.17) is 18.6 Å². The van der Waals surface area contributed by atoms with Crippen LogP contribution in [0.15, 0.2) is 69.2 Å². The molecule has 7 heteroatoms. The van der Waals surface area contributed by atoms with Crippen LogP contribution in [0.25, 0.3) is 11.0 Å². The number of aryl methyl sites for hydroxylation is 1. The van der Waals surface area contributed by atoms with E-state index >= 15 is 0 Å². The maximum Gasteiger partial charge on any atom is 0.316 e. The molecule has 0 unspecified atom stereocenters. The molecule has 0 radical (unpaired) electrons. The molecule has 2 aromatic heterocycles. The van der Waals surface area contributed by atoms with Crippen LogP contribution in [-0.4, -0.2) is 13.1 Å². The Morgan fingerprint density at radius 1 is 1.03 bits per heavy atom. The Labute approximate surface area is 176 Å². The Hall–Kier alpha value is -3.58. The van der Waals surface area contributed by atoms with Gasteiger partial charge in [-0.05, 0) is 42.6 Å². The summed E-state index contributed by atoms with van der Waals surface area (Å²) in [7, 11) is 1.56. The zero-order chi connectivity index (χ0) is 21.1. The van der Waals surface area contributed by atoms with Gasteiger partial charge in [-0.2, -0.15) is 0 Å². The van der Waals surface area contributed by atoms with Crippen LogP contribution in [0.1, 0.15) is 10.6 Å². The Morgan fingerprint density at radius 3 is 2.63 bits per heavy atom. The Morgan fingerprint density at radius 2 is 1.87 bits per heavy atom. The fraction of sp³-hybridized carbons (Fsp3) is 0.130. The summed E-state index contributed by atoms with van der Waals surface area (Å²) in [6.45, 7) is 1.64. The second-order valence-electron chi connectivity index (χ2n) is 6.49. The Balaban J connectivity index is 1.60. The van der Waals surface area contributed by atoms with Gasteiger partial charge in [-0.1, -0.05) is 12.1 Å². The zero-order valence-electron chi connectivity index (χ0n) is 16.3. The molecule has 0 spiro atoms. The molecule has 0 aliphatic rings. The SMILES string of the molecule is COc1cccc(Oc2c(C)oc3cc(OC(=O)Cc4cccs4)ccc3c2=O)c1. The molecule has 0 aliphatic carbocycles. The molecule has 4 rings (SSSR count). The lowest BCUT2D eigenvalue weighted by Gasteiger charge is -2.10. The van der Waals surface area contributed by atoms with Gasteiger partial charge in [0.1, 0.15) is 28.6 Å². The lowest BCUT2D eigenvalue weighted by molar-refractivity contribution is -0.133. The normalized spacial score (nSPS) is 10.7. The van der Waals surface area contributed by atoms with Gasteiger partial charge in [-0.15, -0.1) is 11.3 Å². The average molecular weight is 422 g/mol. The van der Waals surface area contributed by atoms with E-state index in [1.54, 1.807) is 50.4 Å². The molecule has 0 amide bonds. The van der Waals surface area contributed by atoms with Crippen molar-refractivity contribution in [3.8, 4) is 23.0 Å². The number of carbonyl (C=O) groups excluding carboxylic acids is 1. The quantitative estimate of drug-likeness (QED) is 0.317. The van der Waals surface area contributed by atoms with Crippen molar-refractivity contribution < 1.29 is 23.4 Å². The molecular weight excluding hydrogens is 404 g/mol. The van der Waals surface area contributed by atoms with Crippen LogP contribution in [0.2, 0.25) is 0 Å². The highest BCUT2D eigenvalue weighted by Crippen LogP contribution is 2.29. The number of carbonyl (C=O) groups is 1. The van der Waals surface area contributed by atoms with Crippen LogP contribution >= 0.6 is 11.3 Å². The van der Waals surface area contributed by atoms with E-state index in [1.165, 1.54) is 17.4 Å². The van der Waals surface area contributed by atoms with Crippen molar-refractivity contribution in [2.24, 2.45) is 0 Å². The number of hydrogen-bond acceptors (Lipinski definition) is 7. The highest BCUT2D eigenvalue weighted by Gasteiger charge is 2.16. The fourth-order valence-corrected chi connectivity index (χ4v) is 3.65. The summed E-state index contributed by atoms with van der Waals surface area (Å²) in [5.74, 6) is 1.42. The third kappa shape index (κ3) is 4.21. The predicted molar refractivity (Wildman–Crippen MR) is 114 cm³/mol. The summed E-state index contributed by atoms with van der Waals surface area (Å²) < 4.78 is 22.1. The standard InChI is InChI=1S/C23H18O6S/c1-14-23(29-16-6-3-5-15(11-16)26-2)22(25)19-9-8-17(12-20(19)27-14)28-21(24)13-18-7-4-10-30-18/h3-12H,13H2,1-2H3. The minimum atomic E-state index is -0.381. The van der Waals surface area contributed by atoms with Crippen molar-refractivity contribution in [3.63, 3.8) is 0 Å². The monoisotopic (exact) mass is 422 g/mol. The van der Waals surface area contributed by atoms with Gasteiger partial charge in [0.15, 0.2) is 0 Å². The molecule has 152 valence electrons. The fourth-order valence-electron chi connectivity index (χ4n) is 2.96. The lowest BCUT2D eigenvalue weighted by Crippen LogP contribution is -2.11. The molecule has 6 nitrogen and oxygen atoms in total. The van der Waals surface area contributed by atoms with Crippen molar-refractivity contribution in [1.82, 2.24) is 0 Å². The molecule has 0 aliphatic heterocycles. The van der Waals surface area contributed by atoms with Crippen LogP contribution in [0.5, 0.6) is 23.0 Å². The van der Waals surface area contributed by atoms with E-state index in [0.29, 0.717) is 34.0 Å². The molecule has 0 atom stereocenters. The lowest BCUT2D eigenvalue weighted by atomic mass is 10.2. The van der Waals surface area contributed by atoms with Crippen LogP contribution in [-0.2, 0) is 11.2 Å². The summed E-state index contributed by atoms with van der Waals surface area (Å²) in [5, 5.41) is 2.23. The number of ether oxygens (including phenoxy) is 3. The van der Waals surface area contributed by atoms with Gasteiger partial charge in [0.25, 0.3) is 0 Å². The van der Waals surface area contributed by atoms with Crippen molar-refractivity contribution >= 4 is 28.3 Å². The highest BCUT2D eigenvalue weighted by atomic mass is 32.1. The number of thiophene rings is 1. The molecule has 30 heavy (non-hydrogen) atoms. The predicted octanol–water partition coefficient (Wildman–Crippen LogP) is 5.11. The Bertz CT molecular complexity index is 1260. The van der Waals surface area contributed by atoms with Crippen LogP contribution in [0.4, 0.5) is 0 Å². The van der Waals surface area contributed by atoms with Crippen LogP contribution < -0.4 is 19.6 Å². The molecular formula is C23H18O6S. The van der Waals surface area contributed by atoms with Crippen LogP contribution in [0, 0.1) is 6.92 Å². The van der Waals surface area contributed by atoms with Crippen molar-refractivity contribution in [2.75, 3.05) is 7.11 Å². The van der Waals surface area contributed by atoms with Gasteiger partial charge >= 0.3 is 5.97 Å². The first-order chi connectivity index (χ1) is 14.5. The number of methoxy groups -OCH3 is 1. The average Bonchev–Trinajstić information content (AvgIpc) is 3.24. The molecule has 0 fully saturated rings. The Kier molecular flexibility index (Phi) is 5.54. The number of benzene rings is 2. The van der Waals surface area contributed by atoms with Crippen molar-refractivity contribution in [2.45, 2.75) is 13.3 Å². The van der Waals surface area contributed by atoms with E-state index in [-0.39, 0.29) is 23.6 Å². The summed E-state index contributed by atoms with van der Waals surface area (Å²) in [4.78, 5) is 26.0. The van der Waals surface area contributed by atoms with Gasteiger partial charge in [0.05, 0.1) is 18.9 Å². The van der Waals surface area contributed by atoms with Gasteiger partial charge in [-0.25, -0.2) is 0 Å². The first-order valence-electron chi connectivity index (χ1n) is 9.16. The van der Waals surface area contributed by atoms with Crippen molar-refractivity contribution in [1.29, 1.82) is 0 Å². The van der Waals surface area contributed by atoms with Crippen LogP contribution in [0.3, 0.4) is 0 Å². The van der Waals surface area contributed by atoms with Gasteiger partial charge in [0.2, 0.25) is 11.2 Å². The van der Waals surface area contributed by atoms with Gasteiger partial charge in [0, 0.05) is 17.0 Å². The minimum absolute atomic E-state index is 0.0955. The smallest absolute Gasteiger partial charge is 0.316 e. The van der Waals surface area contributed by atoms with Crippen molar-refractivity contribution in [3.05, 3.63) is 80.8 Å². The largest absolute Gasteiger partial charge is 0.497 e. The first kappa shape index (κ1) is 19.7. The summed E-state index contributed by atoms with van der Waals surface area (Å²) in [6, 6.07) is 15.4. The topological polar surface area (TPSA) is 75.0 Å². The third-order valence-electron chi connectivity index (χ3n) is 4.38. The van der Waals surface area contributed by atoms with Gasteiger partial charge in [-0.3, -0.25) is 9.59 Å². The molecule has 0 N–H and O–H groups in total. The number of esters is 1. The highest BCUT2D eigenvalue weighted by molar-refractivity contribution is 7.10. The second-order valence-corrected chi connectivity index (χ2v) is 7.52.